The van der Waals surface area contributed by atoms with Crippen molar-refractivity contribution in [2.24, 2.45) is 0 Å². The number of H-pyrrole nitrogens is 1. The van der Waals surface area contributed by atoms with E-state index in [0.717, 1.165) is 0 Å². The Morgan fingerprint density at radius 1 is 1.30 bits per heavy atom. The van der Waals surface area contributed by atoms with Gasteiger partial charge in [-0.3, -0.25) is 14.4 Å². The van der Waals surface area contributed by atoms with Crippen molar-refractivity contribution >= 4 is 35.1 Å². The van der Waals surface area contributed by atoms with Gasteiger partial charge in [-0.25, -0.2) is 4.39 Å². The van der Waals surface area contributed by atoms with Gasteiger partial charge >= 0.3 is 0 Å². The molecule has 1 fully saturated rings. The number of aromatic amines is 1. The van der Waals surface area contributed by atoms with Crippen LogP contribution in [0.1, 0.15) is 32.9 Å². The molecule has 4 rings (SSSR count). The molecule has 0 aliphatic carbocycles. The van der Waals surface area contributed by atoms with Gasteiger partial charge in [-0.1, -0.05) is 0 Å². The molecular weight excluding hydrogens is 431 g/mol. The van der Waals surface area contributed by atoms with Crippen molar-refractivity contribution in [3.05, 3.63) is 52.1 Å². The zero-order valence-corrected chi connectivity index (χ0v) is 18.3. The Bertz CT molecular complexity index is 1150. The summed E-state index contributed by atoms with van der Waals surface area (Å²) in [6.45, 7) is 4.84. The lowest BCUT2D eigenvalue weighted by molar-refractivity contribution is -0.143. The SMILES string of the molecule is Cc1[nH]c(/C=C2\C(=O)Nc3ccc(F)cc32)c(C)c1C(=O)NCC(O)C(=O)N1CCOCC1. The highest BCUT2D eigenvalue weighted by Gasteiger charge is 2.27. The number of aliphatic hydroxyl groups is 1. The van der Waals surface area contributed by atoms with E-state index in [9.17, 15) is 23.9 Å². The summed E-state index contributed by atoms with van der Waals surface area (Å²) in [5.74, 6) is -1.73. The molecule has 2 aliphatic rings. The predicted octanol–water partition coefficient (Wildman–Crippen LogP) is 1.21. The molecule has 3 amide bonds. The topological polar surface area (TPSA) is 124 Å². The maximum absolute atomic E-state index is 13.7. The molecular formula is C23H25FN4O5. The molecule has 33 heavy (non-hydrogen) atoms. The Hall–Kier alpha value is -3.50. The van der Waals surface area contributed by atoms with Crippen molar-refractivity contribution in [2.75, 3.05) is 38.2 Å². The summed E-state index contributed by atoms with van der Waals surface area (Å²) in [6.07, 6.45) is 0.220. The lowest BCUT2D eigenvalue weighted by Crippen LogP contribution is -2.49. The molecule has 0 radical (unpaired) electrons. The Labute approximate surface area is 189 Å². The third-order valence-electron chi connectivity index (χ3n) is 5.82. The molecule has 0 saturated carbocycles. The number of carbonyl (C=O) groups excluding carboxylic acids is 3. The van der Waals surface area contributed by atoms with Gasteiger partial charge in [-0.15, -0.1) is 0 Å². The van der Waals surface area contributed by atoms with Gasteiger partial charge in [-0.05, 0) is 43.7 Å². The Morgan fingerprint density at radius 2 is 2.03 bits per heavy atom. The van der Waals surface area contributed by atoms with Crippen LogP contribution in [0.2, 0.25) is 0 Å². The van der Waals surface area contributed by atoms with Gasteiger partial charge in [-0.2, -0.15) is 0 Å². The number of hydrogen-bond acceptors (Lipinski definition) is 5. The largest absolute Gasteiger partial charge is 0.381 e. The number of amides is 3. The molecule has 174 valence electrons. The van der Waals surface area contributed by atoms with E-state index in [-0.39, 0.29) is 18.0 Å². The van der Waals surface area contributed by atoms with E-state index in [1.807, 2.05) is 0 Å². The summed E-state index contributed by atoms with van der Waals surface area (Å²) in [5, 5.41) is 15.5. The predicted molar refractivity (Wildman–Crippen MR) is 119 cm³/mol. The smallest absolute Gasteiger partial charge is 0.256 e. The van der Waals surface area contributed by atoms with Gasteiger partial charge in [0.1, 0.15) is 11.9 Å². The quantitative estimate of drug-likeness (QED) is 0.504. The van der Waals surface area contributed by atoms with Crippen molar-refractivity contribution in [1.29, 1.82) is 0 Å². The highest BCUT2D eigenvalue weighted by Crippen LogP contribution is 2.34. The van der Waals surface area contributed by atoms with Crippen LogP contribution in [-0.4, -0.2) is 71.7 Å². The summed E-state index contributed by atoms with van der Waals surface area (Å²) >= 11 is 0. The molecule has 10 heteroatoms. The number of carbonyl (C=O) groups is 3. The van der Waals surface area contributed by atoms with Crippen LogP contribution in [0.15, 0.2) is 18.2 Å². The fourth-order valence-electron chi connectivity index (χ4n) is 4.07. The van der Waals surface area contributed by atoms with Crippen molar-refractivity contribution in [3.63, 3.8) is 0 Å². The van der Waals surface area contributed by atoms with Crippen LogP contribution in [0, 0.1) is 19.7 Å². The number of aryl methyl sites for hydroxylation is 1. The van der Waals surface area contributed by atoms with Crippen molar-refractivity contribution in [1.82, 2.24) is 15.2 Å². The normalized spacial score (nSPS) is 17.6. The third-order valence-corrected chi connectivity index (χ3v) is 5.82. The number of benzene rings is 1. The zero-order chi connectivity index (χ0) is 23.7. The summed E-state index contributed by atoms with van der Waals surface area (Å²) < 4.78 is 18.9. The minimum atomic E-state index is -1.36. The lowest BCUT2D eigenvalue weighted by Gasteiger charge is -2.28. The molecule has 1 aromatic carbocycles. The van der Waals surface area contributed by atoms with Crippen LogP contribution in [0.5, 0.6) is 0 Å². The molecule has 9 nitrogen and oxygen atoms in total. The first kappa shape index (κ1) is 22.7. The van der Waals surface area contributed by atoms with E-state index in [0.29, 0.717) is 60.1 Å². The van der Waals surface area contributed by atoms with Crippen LogP contribution in [0.4, 0.5) is 10.1 Å². The number of nitrogens with one attached hydrogen (secondary N) is 3. The maximum atomic E-state index is 13.7. The summed E-state index contributed by atoms with van der Waals surface area (Å²) in [6, 6.07) is 4.05. The number of aromatic nitrogens is 1. The number of nitrogens with zero attached hydrogens (tertiary/aromatic N) is 1. The molecule has 4 N–H and O–H groups in total. The third kappa shape index (κ3) is 4.53. The number of anilines is 1. The van der Waals surface area contributed by atoms with Crippen LogP contribution in [-0.2, 0) is 14.3 Å². The first-order valence-corrected chi connectivity index (χ1v) is 10.6. The molecule has 2 aliphatic heterocycles. The fraction of sp³-hybridized carbons (Fsp3) is 0.348. The van der Waals surface area contributed by atoms with Crippen LogP contribution in [0.25, 0.3) is 11.6 Å². The van der Waals surface area contributed by atoms with Gasteiger partial charge in [0, 0.05) is 35.7 Å². The number of morpholine rings is 1. The molecule has 2 aromatic rings. The Morgan fingerprint density at radius 3 is 2.76 bits per heavy atom. The Kier molecular flexibility index (Phi) is 6.30. The average Bonchev–Trinajstić information content (AvgIpc) is 3.26. The van der Waals surface area contributed by atoms with Crippen molar-refractivity contribution < 1.29 is 28.6 Å². The van der Waals surface area contributed by atoms with E-state index in [1.54, 1.807) is 19.9 Å². The van der Waals surface area contributed by atoms with Crippen molar-refractivity contribution in [3.8, 4) is 0 Å². The van der Waals surface area contributed by atoms with Gasteiger partial charge in [0.25, 0.3) is 17.7 Å². The highest BCUT2D eigenvalue weighted by atomic mass is 19.1. The van der Waals surface area contributed by atoms with E-state index >= 15 is 0 Å². The minimum Gasteiger partial charge on any atom is -0.381 e. The zero-order valence-electron chi connectivity index (χ0n) is 18.3. The van der Waals surface area contributed by atoms with Gasteiger partial charge < -0.3 is 30.4 Å². The van der Waals surface area contributed by atoms with E-state index in [2.05, 4.69) is 15.6 Å². The summed E-state index contributed by atoms with van der Waals surface area (Å²) in [7, 11) is 0. The number of ether oxygens (including phenoxy) is 1. The second-order valence-electron chi connectivity index (χ2n) is 8.03. The first-order chi connectivity index (χ1) is 15.8. The molecule has 0 spiro atoms. The second-order valence-corrected chi connectivity index (χ2v) is 8.03. The lowest BCUT2D eigenvalue weighted by atomic mass is 10.0. The Balaban J connectivity index is 1.49. The number of rotatable bonds is 5. The minimum absolute atomic E-state index is 0.232. The average molecular weight is 456 g/mol. The standard InChI is InChI=1S/C23H25FN4O5/c1-12-18(10-16-15-9-14(24)3-4-17(15)27-21(16)30)26-13(2)20(12)22(31)25-11-19(29)23(32)28-5-7-33-8-6-28/h3-4,9-10,19,26,29H,5-8,11H2,1-2H3,(H,25,31)(H,27,30)/b16-10-. The van der Waals surface area contributed by atoms with E-state index in [1.165, 1.54) is 23.1 Å². The molecule has 3 heterocycles. The fourth-order valence-corrected chi connectivity index (χ4v) is 4.07. The summed E-state index contributed by atoms with van der Waals surface area (Å²) in [5.41, 5.74) is 3.28. The number of fused-ring (bicyclic) bond motifs is 1. The monoisotopic (exact) mass is 456 g/mol. The molecule has 1 aromatic heterocycles. The number of halogens is 1. The number of hydrogen-bond donors (Lipinski definition) is 4. The van der Waals surface area contributed by atoms with Gasteiger partial charge in [0.2, 0.25) is 0 Å². The van der Waals surface area contributed by atoms with Crippen LogP contribution in [0.3, 0.4) is 0 Å². The highest BCUT2D eigenvalue weighted by molar-refractivity contribution is 6.34. The van der Waals surface area contributed by atoms with Crippen LogP contribution < -0.4 is 10.6 Å². The van der Waals surface area contributed by atoms with Crippen molar-refractivity contribution in [2.45, 2.75) is 20.0 Å². The molecule has 1 unspecified atom stereocenters. The molecule has 0 bridgehead atoms. The first-order valence-electron chi connectivity index (χ1n) is 10.6. The summed E-state index contributed by atoms with van der Waals surface area (Å²) in [4.78, 5) is 42.1. The number of aliphatic hydroxyl groups excluding tert-OH is 1. The van der Waals surface area contributed by atoms with Gasteiger partial charge in [0.05, 0.1) is 30.9 Å². The maximum Gasteiger partial charge on any atom is 0.256 e. The van der Waals surface area contributed by atoms with E-state index in [4.69, 9.17) is 4.74 Å². The van der Waals surface area contributed by atoms with Crippen LogP contribution >= 0.6 is 0 Å². The van der Waals surface area contributed by atoms with E-state index < -0.39 is 23.7 Å². The molecule has 1 atom stereocenters. The second kappa shape index (κ2) is 9.16. The molecule has 1 saturated heterocycles. The van der Waals surface area contributed by atoms with Gasteiger partial charge in [0.15, 0.2) is 0 Å².